The highest BCUT2D eigenvalue weighted by Crippen LogP contribution is 2.14. The predicted octanol–water partition coefficient (Wildman–Crippen LogP) is -0.272. The molecule has 0 aliphatic rings. The highest BCUT2D eigenvalue weighted by molar-refractivity contribution is 7.89. The third-order valence-corrected chi connectivity index (χ3v) is 3.79. The Morgan fingerprint density at radius 1 is 1.38 bits per heavy atom. The van der Waals surface area contributed by atoms with Gasteiger partial charge in [-0.15, -0.1) is 5.10 Å². The van der Waals surface area contributed by atoms with Crippen molar-refractivity contribution in [2.24, 2.45) is 0 Å². The second-order valence-electron chi connectivity index (χ2n) is 3.15. The lowest BCUT2D eigenvalue weighted by atomic mass is 10.5. The van der Waals surface area contributed by atoms with Crippen LogP contribution >= 0.6 is 0 Å². The van der Waals surface area contributed by atoms with Crippen molar-refractivity contribution in [3.8, 4) is 5.88 Å². The van der Waals surface area contributed by atoms with Crippen LogP contribution < -0.4 is 4.18 Å². The molecule has 1 heterocycles. The third-order valence-electron chi connectivity index (χ3n) is 1.69. The van der Waals surface area contributed by atoms with Crippen molar-refractivity contribution in [2.45, 2.75) is 13.8 Å². The first-order valence-electron chi connectivity index (χ1n) is 4.35. The standard InChI is InChI=1S/C7H12N2O5S2/c1-4-16(12,13)9-6(2)5-7(8-9)14-15(3,10)11/h5H,4H2,1-3H3. The number of hydrogen-bond donors (Lipinski definition) is 0. The molecule has 0 atom stereocenters. The Kier molecular flexibility index (Phi) is 3.29. The van der Waals surface area contributed by atoms with Crippen LogP contribution in [0.25, 0.3) is 0 Å². The van der Waals surface area contributed by atoms with Gasteiger partial charge >= 0.3 is 10.1 Å². The average Bonchev–Trinajstić information content (AvgIpc) is 2.44. The van der Waals surface area contributed by atoms with E-state index in [0.717, 1.165) is 10.3 Å². The van der Waals surface area contributed by atoms with Crippen molar-refractivity contribution >= 4 is 20.1 Å². The van der Waals surface area contributed by atoms with Crippen LogP contribution in [0.5, 0.6) is 5.88 Å². The normalized spacial score (nSPS) is 12.7. The maximum absolute atomic E-state index is 11.5. The number of aryl methyl sites for hydroxylation is 1. The molecule has 0 aliphatic carbocycles. The molecule has 1 aromatic rings. The maximum Gasteiger partial charge on any atom is 0.307 e. The second kappa shape index (κ2) is 4.06. The molecule has 9 heteroatoms. The quantitative estimate of drug-likeness (QED) is 0.697. The molecule has 0 bridgehead atoms. The van der Waals surface area contributed by atoms with Gasteiger partial charge in [0, 0.05) is 6.07 Å². The molecule has 7 nitrogen and oxygen atoms in total. The summed E-state index contributed by atoms with van der Waals surface area (Å²) >= 11 is 0. The van der Waals surface area contributed by atoms with Gasteiger partial charge in [0.05, 0.1) is 17.7 Å². The largest absolute Gasteiger partial charge is 0.360 e. The zero-order valence-corrected chi connectivity index (χ0v) is 10.7. The Labute approximate surface area is 94.2 Å². The minimum absolute atomic E-state index is 0.131. The number of nitrogens with zero attached hydrogens (tertiary/aromatic N) is 2. The lowest BCUT2D eigenvalue weighted by Gasteiger charge is -2.02. The van der Waals surface area contributed by atoms with Crippen LogP contribution in [0.4, 0.5) is 0 Å². The minimum atomic E-state index is -3.70. The van der Waals surface area contributed by atoms with E-state index in [4.69, 9.17) is 0 Å². The Hall–Kier alpha value is -1.09. The summed E-state index contributed by atoms with van der Waals surface area (Å²) in [5.41, 5.74) is 0.292. The SMILES string of the molecule is CCS(=O)(=O)n1nc(OS(C)(=O)=O)cc1C. The van der Waals surface area contributed by atoms with Crippen molar-refractivity contribution in [1.82, 2.24) is 9.19 Å². The van der Waals surface area contributed by atoms with E-state index >= 15 is 0 Å². The van der Waals surface area contributed by atoms with E-state index in [1.165, 1.54) is 19.9 Å². The maximum atomic E-state index is 11.5. The number of hydrogen-bond acceptors (Lipinski definition) is 6. The van der Waals surface area contributed by atoms with Crippen LogP contribution in [0.15, 0.2) is 6.07 Å². The topological polar surface area (TPSA) is 95.3 Å². The third kappa shape index (κ3) is 2.95. The summed E-state index contributed by atoms with van der Waals surface area (Å²) in [7, 11) is -7.24. The minimum Gasteiger partial charge on any atom is -0.360 e. The lowest BCUT2D eigenvalue weighted by Crippen LogP contribution is -2.17. The van der Waals surface area contributed by atoms with Gasteiger partial charge in [-0.1, -0.05) is 0 Å². The predicted molar refractivity (Wildman–Crippen MR) is 57.3 cm³/mol. The molecule has 0 aliphatic heterocycles. The molecule has 0 fully saturated rings. The molecule has 1 rings (SSSR count). The molecule has 1 aromatic heterocycles. The monoisotopic (exact) mass is 268 g/mol. The summed E-state index contributed by atoms with van der Waals surface area (Å²) in [6.07, 6.45) is 0.857. The fourth-order valence-corrected chi connectivity index (χ4v) is 2.36. The molecule has 16 heavy (non-hydrogen) atoms. The average molecular weight is 268 g/mol. The highest BCUT2D eigenvalue weighted by Gasteiger charge is 2.18. The summed E-state index contributed by atoms with van der Waals surface area (Å²) in [5.74, 6) is -0.384. The molecule has 0 amide bonds. The van der Waals surface area contributed by atoms with Gasteiger partial charge in [0.15, 0.2) is 0 Å². The summed E-state index contributed by atoms with van der Waals surface area (Å²) in [6, 6.07) is 1.24. The first kappa shape index (κ1) is 13.0. The van der Waals surface area contributed by atoms with Crippen LogP contribution in [-0.4, -0.2) is 38.0 Å². The van der Waals surface area contributed by atoms with Gasteiger partial charge in [0.1, 0.15) is 0 Å². The van der Waals surface area contributed by atoms with E-state index in [0.29, 0.717) is 5.69 Å². The van der Waals surface area contributed by atoms with Gasteiger partial charge in [-0.25, -0.2) is 8.42 Å². The van der Waals surface area contributed by atoms with Crippen LogP contribution in [0, 0.1) is 6.92 Å². The first-order chi connectivity index (χ1) is 7.15. The van der Waals surface area contributed by atoms with E-state index in [9.17, 15) is 16.8 Å². The van der Waals surface area contributed by atoms with Gasteiger partial charge in [-0.3, -0.25) is 0 Å². The zero-order chi connectivity index (χ0) is 12.6. The zero-order valence-electron chi connectivity index (χ0n) is 9.04. The van der Waals surface area contributed by atoms with Crippen LogP contribution in [0.3, 0.4) is 0 Å². The van der Waals surface area contributed by atoms with Gasteiger partial charge in [0.25, 0.3) is 15.9 Å². The molecule has 0 N–H and O–H groups in total. The van der Waals surface area contributed by atoms with Gasteiger partial charge in [0.2, 0.25) is 0 Å². The Balaban J connectivity index is 3.19. The van der Waals surface area contributed by atoms with Gasteiger partial charge in [-0.2, -0.15) is 12.5 Å². The van der Waals surface area contributed by atoms with E-state index < -0.39 is 20.1 Å². The van der Waals surface area contributed by atoms with E-state index in [2.05, 4.69) is 9.28 Å². The summed E-state index contributed by atoms with van der Waals surface area (Å²) in [5, 5.41) is 3.56. The van der Waals surface area contributed by atoms with Crippen molar-refractivity contribution in [3.63, 3.8) is 0 Å². The highest BCUT2D eigenvalue weighted by atomic mass is 32.2. The van der Waals surface area contributed by atoms with Crippen molar-refractivity contribution in [1.29, 1.82) is 0 Å². The van der Waals surface area contributed by atoms with Gasteiger partial charge < -0.3 is 4.18 Å². The molecule has 0 radical (unpaired) electrons. The summed E-state index contributed by atoms with van der Waals surface area (Å²) in [4.78, 5) is 0. The molecule has 0 unspecified atom stereocenters. The van der Waals surface area contributed by atoms with Crippen molar-refractivity contribution in [2.75, 3.05) is 12.0 Å². The van der Waals surface area contributed by atoms with Crippen LogP contribution in [0.2, 0.25) is 0 Å². The van der Waals surface area contributed by atoms with E-state index in [1.807, 2.05) is 0 Å². The molecule has 0 saturated heterocycles. The molecule has 0 saturated carbocycles. The molecule has 0 aromatic carbocycles. The molecular formula is C7H12N2O5S2. The van der Waals surface area contributed by atoms with Crippen molar-refractivity contribution in [3.05, 3.63) is 11.8 Å². The van der Waals surface area contributed by atoms with E-state index in [1.54, 1.807) is 0 Å². The summed E-state index contributed by atoms with van der Waals surface area (Å²) < 4.78 is 49.9. The number of rotatable bonds is 4. The van der Waals surface area contributed by atoms with E-state index in [-0.39, 0.29) is 11.6 Å². The Morgan fingerprint density at radius 2 is 1.94 bits per heavy atom. The fraction of sp³-hybridized carbons (Fsp3) is 0.571. The number of aromatic nitrogens is 2. The Morgan fingerprint density at radius 3 is 2.38 bits per heavy atom. The molecule has 92 valence electrons. The second-order valence-corrected chi connectivity index (χ2v) is 6.82. The summed E-state index contributed by atoms with van der Waals surface area (Å²) in [6.45, 7) is 2.96. The first-order valence-corrected chi connectivity index (χ1v) is 7.77. The van der Waals surface area contributed by atoms with Crippen LogP contribution in [-0.2, 0) is 20.1 Å². The fourth-order valence-electron chi connectivity index (χ4n) is 1.03. The molecular weight excluding hydrogens is 256 g/mol. The van der Waals surface area contributed by atoms with Gasteiger partial charge in [-0.05, 0) is 13.8 Å². The smallest absolute Gasteiger partial charge is 0.307 e. The molecule has 0 spiro atoms. The van der Waals surface area contributed by atoms with Crippen LogP contribution in [0.1, 0.15) is 12.6 Å². The Bertz CT molecular complexity index is 584. The lowest BCUT2D eigenvalue weighted by molar-refractivity contribution is 0.479. The van der Waals surface area contributed by atoms with Crippen molar-refractivity contribution < 1.29 is 21.0 Å².